The molecule has 0 amide bonds. The molecule has 1 N–H and O–H groups in total. The van der Waals surface area contributed by atoms with Crippen molar-refractivity contribution in [1.29, 1.82) is 0 Å². The number of aromatic amines is 1. The van der Waals surface area contributed by atoms with Gasteiger partial charge >= 0.3 is 0 Å². The second-order valence-electron chi connectivity index (χ2n) is 6.55. The summed E-state index contributed by atoms with van der Waals surface area (Å²) in [4.78, 5) is 8.04. The number of aromatic nitrogens is 2. The fourth-order valence-corrected chi connectivity index (χ4v) is 3.88. The van der Waals surface area contributed by atoms with Gasteiger partial charge in [0.1, 0.15) is 5.65 Å². The molecule has 6 heteroatoms. The van der Waals surface area contributed by atoms with Crippen LogP contribution in [0.3, 0.4) is 0 Å². The smallest absolute Gasteiger partial charge is 0.175 e. The average molecular weight is 368 g/mol. The van der Waals surface area contributed by atoms with Crippen LogP contribution in [0.1, 0.15) is 24.1 Å². The molecule has 1 fully saturated rings. The number of fused-ring (bicyclic) bond motifs is 1. The molecule has 3 aromatic rings. The van der Waals surface area contributed by atoms with Crippen LogP contribution in [0.2, 0.25) is 0 Å². The number of benzene rings is 1. The topological polar surface area (TPSA) is 72.1 Å². The Bertz CT molecular complexity index is 1030. The van der Waals surface area contributed by atoms with Gasteiger partial charge in [0.2, 0.25) is 0 Å². The lowest BCUT2D eigenvalue weighted by atomic mass is 10.00. The van der Waals surface area contributed by atoms with Gasteiger partial charge in [-0.3, -0.25) is 0 Å². The SMILES string of the molecule is CS(=O)(=O)c1ccc(/C(=C/C2CCCO2)c2cc3cccnc3[nH]2)cc1. The highest BCUT2D eigenvalue weighted by Gasteiger charge is 2.17. The maximum absolute atomic E-state index is 11.7. The second-order valence-corrected chi connectivity index (χ2v) is 8.57. The third-order valence-electron chi connectivity index (χ3n) is 4.59. The Morgan fingerprint density at radius 1 is 1.27 bits per heavy atom. The number of hydrogen-bond acceptors (Lipinski definition) is 4. The van der Waals surface area contributed by atoms with E-state index in [0.717, 1.165) is 47.3 Å². The van der Waals surface area contributed by atoms with Gasteiger partial charge in [-0.2, -0.15) is 0 Å². The summed E-state index contributed by atoms with van der Waals surface area (Å²) < 4.78 is 29.2. The molecule has 0 bridgehead atoms. The van der Waals surface area contributed by atoms with Crippen molar-refractivity contribution in [3.8, 4) is 0 Å². The van der Waals surface area contributed by atoms with E-state index < -0.39 is 9.84 Å². The number of hydrogen-bond donors (Lipinski definition) is 1. The zero-order valence-electron chi connectivity index (χ0n) is 14.5. The maximum atomic E-state index is 11.7. The quantitative estimate of drug-likeness (QED) is 0.764. The predicted octanol–water partition coefficient (Wildman–Crippen LogP) is 3.58. The molecule has 26 heavy (non-hydrogen) atoms. The first-order chi connectivity index (χ1) is 12.5. The molecule has 1 aliphatic heterocycles. The molecule has 0 aliphatic carbocycles. The second kappa shape index (κ2) is 6.70. The first-order valence-corrected chi connectivity index (χ1v) is 10.5. The van der Waals surface area contributed by atoms with E-state index in [9.17, 15) is 8.42 Å². The van der Waals surface area contributed by atoms with Gasteiger partial charge in [-0.15, -0.1) is 0 Å². The minimum absolute atomic E-state index is 0.0685. The maximum Gasteiger partial charge on any atom is 0.175 e. The molecule has 1 saturated heterocycles. The minimum Gasteiger partial charge on any atom is -0.374 e. The van der Waals surface area contributed by atoms with Crippen LogP contribution in [-0.2, 0) is 14.6 Å². The Hall–Kier alpha value is -2.44. The van der Waals surface area contributed by atoms with E-state index in [-0.39, 0.29) is 6.10 Å². The van der Waals surface area contributed by atoms with Crippen LogP contribution < -0.4 is 0 Å². The monoisotopic (exact) mass is 368 g/mol. The van der Waals surface area contributed by atoms with E-state index in [2.05, 4.69) is 22.1 Å². The third kappa shape index (κ3) is 3.43. The van der Waals surface area contributed by atoms with Gasteiger partial charge in [0.25, 0.3) is 0 Å². The Morgan fingerprint density at radius 3 is 2.73 bits per heavy atom. The normalized spacial score (nSPS) is 18.5. The molecular formula is C20H20N2O3S. The van der Waals surface area contributed by atoms with Crippen LogP contribution in [0.15, 0.2) is 59.6 Å². The summed E-state index contributed by atoms with van der Waals surface area (Å²) >= 11 is 0. The van der Waals surface area contributed by atoms with Crippen molar-refractivity contribution in [2.75, 3.05) is 12.9 Å². The molecule has 2 aromatic heterocycles. The summed E-state index contributed by atoms with van der Waals surface area (Å²) in [6.45, 7) is 0.774. The van der Waals surface area contributed by atoms with Gasteiger partial charge in [-0.1, -0.05) is 12.1 Å². The molecule has 0 spiro atoms. The van der Waals surface area contributed by atoms with Crippen LogP contribution in [0.5, 0.6) is 0 Å². The lowest BCUT2D eigenvalue weighted by Crippen LogP contribution is -2.03. The summed E-state index contributed by atoms with van der Waals surface area (Å²) in [6.07, 6.45) is 7.20. The Balaban J connectivity index is 1.80. The summed E-state index contributed by atoms with van der Waals surface area (Å²) in [5.74, 6) is 0. The summed E-state index contributed by atoms with van der Waals surface area (Å²) in [6, 6.07) is 13.0. The number of ether oxygens (including phenoxy) is 1. The van der Waals surface area contributed by atoms with E-state index in [1.165, 1.54) is 6.26 Å². The molecule has 134 valence electrons. The molecule has 3 heterocycles. The zero-order valence-corrected chi connectivity index (χ0v) is 15.3. The van der Waals surface area contributed by atoms with Crippen LogP contribution in [0.25, 0.3) is 16.6 Å². The average Bonchev–Trinajstić information content (AvgIpc) is 3.28. The van der Waals surface area contributed by atoms with E-state index in [4.69, 9.17) is 4.74 Å². The number of nitrogens with one attached hydrogen (secondary N) is 1. The number of H-pyrrole nitrogens is 1. The Kier molecular flexibility index (Phi) is 4.38. The van der Waals surface area contributed by atoms with Gasteiger partial charge in [-0.25, -0.2) is 13.4 Å². The van der Waals surface area contributed by atoms with Crippen molar-refractivity contribution in [1.82, 2.24) is 9.97 Å². The van der Waals surface area contributed by atoms with Gasteiger partial charge in [0.15, 0.2) is 9.84 Å². The summed E-state index contributed by atoms with van der Waals surface area (Å²) in [7, 11) is -3.21. The molecule has 1 aromatic carbocycles. The van der Waals surface area contributed by atoms with Gasteiger partial charge in [-0.05, 0) is 54.8 Å². The van der Waals surface area contributed by atoms with Gasteiger partial charge in [0.05, 0.1) is 11.0 Å². The zero-order chi connectivity index (χ0) is 18.1. The fourth-order valence-electron chi connectivity index (χ4n) is 3.25. The van der Waals surface area contributed by atoms with E-state index >= 15 is 0 Å². The van der Waals surface area contributed by atoms with Gasteiger partial charge in [0, 0.05) is 35.7 Å². The van der Waals surface area contributed by atoms with Crippen molar-refractivity contribution in [2.24, 2.45) is 0 Å². The molecule has 5 nitrogen and oxygen atoms in total. The summed E-state index contributed by atoms with van der Waals surface area (Å²) in [5.41, 5.74) is 3.71. The largest absolute Gasteiger partial charge is 0.374 e. The van der Waals surface area contributed by atoms with Crippen molar-refractivity contribution < 1.29 is 13.2 Å². The first kappa shape index (κ1) is 17.0. The lowest BCUT2D eigenvalue weighted by Gasteiger charge is -2.11. The molecule has 1 aliphatic rings. The highest BCUT2D eigenvalue weighted by atomic mass is 32.2. The highest BCUT2D eigenvalue weighted by Crippen LogP contribution is 2.29. The highest BCUT2D eigenvalue weighted by molar-refractivity contribution is 7.90. The Labute approximate surface area is 152 Å². The van der Waals surface area contributed by atoms with Crippen molar-refractivity contribution >= 4 is 26.4 Å². The van der Waals surface area contributed by atoms with Crippen LogP contribution in [0.4, 0.5) is 0 Å². The van der Waals surface area contributed by atoms with Crippen LogP contribution in [-0.4, -0.2) is 37.4 Å². The van der Waals surface area contributed by atoms with Gasteiger partial charge < -0.3 is 9.72 Å². The standard InChI is InChI=1S/C20H20N2O3S/c1-26(23,24)17-8-6-14(7-9-17)18(13-16-5-3-11-25-16)19-12-15-4-2-10-21-20(15)22-19/h2,4,6-10,12-13,16H,3,5,11H2,1H3,(H,21,22)/b18-13-. The molecule has 1 atom stereocenters. The molecule has 0 radical (unpaired) electrons. The summed E-state index contributed by atoms with van der Waals surface area (Å²) in [5, 5.41) is 1.04. The van der Waals surface area contributed by atoms with Crippen molar-refractivity contribution in [2.45, 2.75) is 23.8 Å². The van der Waals surface area contributed by atoms with E-state index in [0.29, 0.717) is 4.90 Å². The van der Waals surface area contributed by atoms with Crippen LogP contribution in [0, 0.1) is 0 Å². The third-order valence-corrected chi connectivity index (χ3v) is 5.72. The minimum atomic E-state index is -3.21. The number of sulfone groups is 1. The first-order valence-electron chi connectivity index (χ1n) is 8.59. The van der Waals surface area contributed by atoms with E-state index in [1.807, 2.05) is 24.3 Å². The fraction of sp³-hybridized carbons (Fsp3) is 0.250. The van der Waals surface area contributed by atoms with E-state index in [1.54, 1.807) is 18.3 Å². The molecule has 1 unspecified atom stereocenters. The predicted molar refractivity (Wildman–Crippen MR) is 102 cm³/mol. The molecular weight excluding hydrogens is 348 g/mol. The van der Waals surface area contributed by atoms with Crippen molar-refractivity contribution in [3.05, 3.63) is 66.0 Å². The Morgan fingerprint density at radius 2 is 2.08 bits per heavy atom. The molecule has 0 saturated carbocycles. The number of nitrogens with zero attached hydrogens (tertiary/aromatic N) is 1. The molecule has 4 rings (SSSR count). The number of rotatable bonds is 4. The lowest BCUT2D eigenvalue weighted by molar-refractivity contribution is 0.146. The van der Waals surface area contributed by atoms with Crippen LogP contribution >= 0.6 is 0 Å². The number of pyridine rings is 1. The van der Waals surface area contributed by atoms with Crippen molar-refractivity contribution in [3.63, 3.8) is 0 Å².